The number of aromatic nitrogens is 4. The fraction of sp³-hybridized carbons (Fsp3) is 0.560. The number of aliphatic hydroxyl groups excluding tert-OH is 1. The van der Waals surface area contributed by atoms with Crippen LogP contribution < -0.4 is 5.32 Å². The number of hydrogen-bond acceptors (Lipinski definition) is 8. The number of aliphatic hydroxyl groups is 2. The molecule has 0 aliphatic carbocycles. The van der Waals surface area contributed by atoms with E-state index in [0.29, 0.717) is 35.6 Å². The summed E-state index contributed by atoms with van der Waals surface area (Å²) in [6.07, 6.45) is 0.973. The number of anilines is 1. The summed E-state index contributed by atoms with van der Waals surface area (Å²) in [6.45, 7) is 11.1. The Labute approximate surface area is 213 Å². The molecule has 2 aliphatic rings. The first-order valence-electron chi connectivity index (χ1n) is 12.0. The van der Waals surface area contributed by atoms with Crippen molar-refractivity contribution in [3.8, 4) is 11.3 Å². The fourth-order valence-electron chi connectivity index (χ4n) is 5.21. The number of ether oxygens (including phenoxy) is 2. The maximum Gasteiger partial charge on any atom is 0.223 e. The van der Waals surface area contributed by atoms with Gasteiger partial charge in [0.05, 0.1) is 40.7 Å². The molecule has 4 atom stereocenters. The van der Waals surface area contributed by atoms with Crippen molar-refractivity contribution in [2.24, 2.45) is 0 Å². The van der Waals surface area contributed by atoms with Gasteiger partial charge in [0.1, 0.15) is 23.0 Å². The molecule has 2 saturated heterocycles. The number of nitrogens with one attached hydrogen (secondary N) is 1. The molecule has 0 radical (unpaired) electrons. The van der Waals surface area contributed by atoms with E-state index in [0.717, 1.165) is 0 Å². The molecule has 4 heterocycles. The van der Waals surface area contributed by atoms with Gasteiger partial charge in [0.15, 0.2) is 11.6 Å². The van der Waals surface area contributed by atoms with Gasteiger partial charge in [-0.1, -0.05) is 11.6 Å². The van der Waals surface area contributed by atoms with E-state index < -0.39 is 35.0 Å². The number of hydrogen-bond donors (Lipinski definition) is 3. The van der Waals surface area contributed by atoms with Gasteiger partial charge in [-0.3, -0.25) is 0 Å². The molecule has 0 saturated carbocycles. The van der Waals surface area contributed by atoms with Gasteiger partial charge in [-0.05, 0) is 53.7 Å². The molecule has 1 aromatic carbocycles. The van der Waals surface area contributed by atoms with Gasteiger partial charge in [0.25, 0.3) is 0 Å². The molecule has 36 heavy (non-hydrogen) atoms. The minimum absolute atomic E-state index is 0.0838. The van der Waals surface area contributed by atoms with Crippen LogP contribution in [0.1, 0.15) is 59.8 Å². The van der Waals surface area contributed by atoms with Crippen LogP contribution in [-0.2, 0) is 15.1 Å². The Morgan fingerprint density at radius 3 is 2.67 bits per heavy atom. The third kappa shape index (κ3) is 4.14. The number of fused-ring (bicyclic) bond motifs is 3. The molecule has 3 unspecified atom stereocenters. The molecule has 0 spiro atoms. The SMILES string of the molecule is CC(C)n1c(C(C)(C)O)nc2c(F)cc(-c3nc(NC4CC5(C)COC(C)(O5)[C@H]4O)ncc3Cl)cc21. The first-order valence-corrected chi connectivity index (χ1v) is 12.3. The van der Waals surface area contributed by atoms with E-state index in [-0.39, 0.29) is 22.5 Å². The lowest BCUT2D eigenvalue weighted by Gasteiger charge is -2.42. The molecule has 2 bridgehead atoms. The highest BCUT2D eigenvalue weighted by Crippen LogP contribution is 2.44. The minimum Gasteiger partial charge on any atom is -0.385 e. The van der Waals surface area contributed by atoms with Gasteiger partial charge >= 0.3 is 0 Å². The van der Waals surface area contributed by atoms with E-state index in [4.69, 9.17) is 21.1 Å². The smallest absolute Gasteiger partial charge is 0.223 e. The van der Waals surface area contributed by atoms with Crippen LogP contribution in [-0.4, -0.2) is 59.9 Å². The van der Waals surface area contributed by atoms with Crippen molar-refractivity contribution in [3.63, 3.8) is 0 Å². The Morgan fingerprint density at radius 2 is 2.00 bits per heavy atom. The summed E-state index contributed by atoms with van der Waals surface area (Å²) in [5.74, 6) is -1.07. The van der Waals surface area contributed by atoms with Crippen LogP contribution in [0.4, 0.5) is 10.3 Å². The Bertz CT molecular complexity index is 1340. The fourth-order valence-corrected chi connectivity index (χ4v) is 5.41. The molecule has 11 heteroatoms. The van der Waals surface area contributed by atoms with Crippen molar-refractivity contribution < 1.29 is 24.1 Å². The Kier molecular flexibility index (Phi) is 5.85. The predicted octanol–water partition coefficient (Wildman–Crippen LogP) is 4.16. The van der Waals surface area contributed by atoms with E-state index in [9.17, 15) is 10.2 Å². The van der Waals surface area contributed by atoms with Crippen LogP contribution in [0.5, 0.6) is 0 Å². The molecule has 0 amide bonds. The van der Waals surface area contributed by atoms with Gasteiger partial charge in [-0.2, -0.15) is 0 Å². The maximum atomic E-state index is 15.3. The first-order chi connectivity index (χ1) is 16.7. The van der Waals surface area contributed by atoms with E-state index in [1.807, 2.05) is 25.3 Å². The first kappa shape index (κ1) is 25.3. The summed E-state index contributed by atoms with van der Waals surface area (Å²) in [6, 6.07) is 2.57. The van der Waals surface area contributed by atoms with Crippen LogP contribution >= 0.6 is 11.6 Å². The monoisotopic (exact) mass is 519 g/mol. The molecule has 3 aromatic rings. The molecule has 2 fully saturated rings. The van der Waals surface area contributed by atoms with Crippen molar-refractivity contribution in [3.05, 3.63) is 35.0 Å². The van der Waals surface area contributed by atoms with Gasteiger partial charge in [-0.25, -0.2) is 19.3 Å². The van der Waals surface area contributed by atoms with Crippen LogP contribution in [0.25, 0.3) is 22.3 Å². The van der Waals surface area contributed by atoms with Crippen molar-refractivity contribution in [2.75, 3.05) is 11.9 Å². The zero-order valence-electron chi connectivity index (χ0n) is 21.1. The van der Waals surface area contributed by atoms with Crippen LogP contribution in [0, 0.1) is 5.82 Å². The van der Waals surface area contributed by atoms with E-state index in [2.05, 4.69) is 20.3 Å². The second-order valence-corrected chi connectivity index (χ2v) is 11.3. The largest absolute Gasteiger partial charge is 0.385 e. The minimum atomic E-state index is -1.26. The molecule has 3 N–H and O–H groups in total. The lowest BCUT2D eigenvalue weighted by molar-refractivity contribution is -0.253. The van der Waals surface area contributed by atoms with Gasteiger partial charge < -0.3 is 29.6 Å². The van der Waals surface area contributed by atoms with Crippen LogP contribution in [0.15, 0.2) is 18.3 Å². The lowest BCUT2D eigenvalue weighted by Crippen LogP contribution is -2.57. The predicted molar refractivity (Wildman–Crippen MR) is 133 cm³/mol. The van der Waals surface area contributed by atoms with Crippen molar-refractivity contribution in [1.29, 1.82) is 0 Å². The third-order valence-electron chi connectivity index (χ3n) is 6.83. The molecular weight excluding hydrogens is 489 g/mol. The molecule has 194 valence electrons. The summed E-state index contributed by atoms with van der Waals surface area (Å²) >= 11 is 6.46. The highest BCUT2D eigenvalue weighted by atomic mass is 35.5. The van der Waals surface area contributed by atoms with E-state index in [1.165, 1.54) is 12.3 Å². The van der Waals surface area contributed by atoms with E-state index >= 15 is 4.39 Å². The normalized spacial score (nSPS) is 28.3. The summed E-state index contributed by atoms with van der Waals surface area (Å²) < 4.78 is 28.8. The topological polar surface area (TPSA) is 115 Å². The van der Waals surface area contributed by atoms with Crippen molar-refractivity contribution >= 4 is 28.6 Å². The highest BCUT2D eigenvalue weighted by molar-refractivity contribution is 6.33. The summed E-state index contributed by atoms with van der Waals surface area (Å²) in [5, 5.41) is 24.9. The zero-order chi connectivity index (χ0) is 26.2. The quantitative estimate of drug-likeness (QED) is 0.460. The Hall–Kier alpha value is -2.37. The number of benzene rings is 1. The molecular formula is C25H31ClFN5O4. The zero-order valence-corrected chi connectivity index (χ0v) is 21.9. The summed E-state index contributed by atoms with van der Waals surface area (Å²) in [5.41, 5.74) is -0.349. The van der Waals surface area contributed by atoms with Crippen LogP contribution in [0.2, 0.25) is 5.02 Å². The number of rotatable bonds is 5. The molecule has 9 nitrogen and oxygen atoms in total. The highest BCUT2D eigenvalue weighted by Gasteiger charge is 2.57. The average molecular weight is 520 g/mol. The van der Waals surface area contributed by atoms with Gasteiger partial charge in [0.2, 0.25) is 5.95 Å². The summed E-state index contributed by atoms with van der Waals surface area (Å²) in [7, 11) is 0. The lowest BCUT2D eigenvalue weighted by atomic mass is 9.89. The second kappa shape index (κ2) is 8.32. The maximum absolute atomic E-state index is 15.3. The van der Waals surface area contributed by atoms with Crippen molar-refractivity contribution in [2.45, 2.75) is 83.1 Å². The average Bonchev–Trinajstić information content (AvgIpc) is 3.30. The van der Waals surface area contributed by atoms with Crippen molar-refractivity contribution in [1.82, 2.24) is 19.5 Å². The molecule has 2 aromatic heterocycles. The second-order valence-electron chi connectivity index (χ2n) is 10.9. The number of nitrogens with zero attached hydrogens (tertiary/aromatic N) is 4. The Morgan fingerprint density at radius 1 is 1.28 bits per heavy atom. The number of imidazole rings is 1. The molecule has 2 aliphatic heterocycles. The third-order valence-corrected chi connectivity index (χ3v) is 7.10. The Balaban J connectivity index is 1.55. The van der Waals surface area contributed by atoms with Gasteiger partial charge in [-0.15, -0.1) is 0 Å². The number of halogens is 2. The van der Waals surface area contributed by atoms with Gasteiger partial charge in [0, 0.05) is 18.0 Å². The summed E-state index contributed by atoms with van der Waals surface area (Å²) in [4.78, 5) is 13.3. The molecule has 5 rings (SSSR count). The van der Waals surface area contributed by atoms with E-state index in [1.54, 1.807) is 26.8 Å². The standard InChI is InChI=1S/C25H31ClFN5O4/c1-12(2)32-17-8-13(7-15(27)19(17)30-21(32)23(3,4)34)18-14(26)10-28-22(31-18)29-16-9-24(5)11-35-25(6,36-24)20(16)33/h7-8,10,12,16,20,33-34H,9,11H2,1-6H3,(H,28,29,31)/t16?,20-,24?,25?/m0/s1. The van der Waals surface area contributed by atoms with Crippen LogP contribution in [0.3, 0.4) is 0 Å².